The zero-order valence-corrected chi connectivity index (χ0v) is 17.6. The molecule has 31 heavy (non-hydrogen) atoms. The molecule has 0 bridgehead atoms. The van der Waals surface area contributed by atoms with Crippen molar-refractivity contribution in [2.24, 2.45) is 0 Å². The van der Waals surface area contributed by atoms with Crippen LogP contribution in [0.1, 0.15) is 36.8 Å². The number of aliphatic carboxylic acids is 1. The Balaban J connectivity index is 0.000000423. The zero-order chi connectivity index (χ0) is 23.0. The van der Waals surface area contributed by atoms with Crippen molar-refractivity contribution >= 4 is 5.97 Å². The second-order valence-corrected chi connectivity index (χ2v) is 7.69. The predicted molar refractivity (Wildman–Crippen MR) is 112 cm³/mol. The van der Waals surface area contributed by atoms with Gasteiger partial charge >= 0.3 is 12.1 Å². The molecule has 0 aromatic heterocycles. The van der Waals surface area contributed by atoms with Gasteiger partial charge in [-0.25, -0.2) is 9.18 Å². The van der Waals surface area contributed by atoms with Gasteiger partial charge in [-0.2, -0.15) is 13.2 Å². The van der Waals surface area contributed by atoms with Crippen LogP contribution in [0.3, 0.4) is 0 Å². The molecule has 0 radical (unpaired) electrons. The SMILES string of the molecule is CNC1CCC(NCc2cc(-c3ccc(C)cc3)ccc2F)CC1.O=C(O)C(F)(F)F. The van der Waals surface area contributed by atoms with Crippen LogP contribution in [0.5, 0.6) is 0 Å². The van der Waals surface area contributed by atoms with E-state index in [0.717, 1.165) is 29.5 Å². The normalized spacial score (nSPS) is 18.8. The van der Waals surface area contributed by atoms with Crippen LogP contribution in [0.4, 0.5) is 17.6 Å². The molecule has 1 fully saturated rings. The topological polar surface area (TPSA) is 61.4 Å². The highest BCUT2D eigenvalue weighted by molar-refractivity contribution is 5.73. The lowest BCUT2D eigenvalue weighted by atomic mass is 9.91. The van der Waals surface area contributed by atoms with E-state index in [0.29, 0.717) is 18.6 Å². The van der Waals surface area contributed by atoms with E-state index in [9.17, 15) is 17.6 Å². The number of carboxylic acids is 1. The molecule has 0 saturated heterocycles. The van der Waals surface area contributed by atoms with Crippen LogP contribution in [-0.2, 0) is 11.3 Å². The van der Waals surface area contributed by atoms with Crippen LogP contribution in [0, 0.1) is 12.7 Å². The Morgan fingerprint density at radius 2 is 1.52 bits per heavy atom. The van der Waals surface area contributed by atoms with Gasteiger partial charge in [0.2, 0.25) is 0 Å². The van der Waals surface area contributed by atoms with Crippen molar-refractivity contribution in [3.05, 3.63) is 59.4 Å². The average molecular weight is 440 g/mol. The molecule has 0 unspecified atom stereocenters. The van der Waals surface area contributed by atoms with E-state index in [2.05, 4.69) is 41.8 Å². The minimum Gasteiger partial charge on any atom is -0.475 e. The molecule has 8 heteroatoms. The van der Waals surface area contributed by atoms with E-state index in [4.69, 9.17) is 9.90 Å². The first-order valence-corrected chi connectivity index (χ1v) is 10.2. The number of hydrogen-bond acceptors (Lipinski definition) is 3. The molecule has 1 aliphatic carbocycles. The molecular weight excluding hydrogens is 412 g/mol. The van der Waals surface area contributed by atoms with Gasteiger partial charge < -0.3 is 15.7 Å². The van der Waals surface area contributed by atoms with Gasteiger partial charge in [-0.05, 0) is 62.9 Å². The van der Waals surface area contributed by atoms with Gasteiger partial charge in [-0.1, -0.05) is 35.9 Å². The maximum absolute atomic E-state index is 14.2. The maximum Gasteiger partial charge on any atom is 0.490 e. The summed E-state index contributed by atoms with van der Waals surface area (Å²) in [5.74, 6) is -2.88. The van der Waals surface area contributed by atoms with Crippen LogP contribution in [0.15, 0.2) is 42.5 Å². The summed E-state index contributed by atoms with van der Waals surface area (Å²) in [6.45, 7) is 2.67. The lowest BCUT2D eigenvalue weighted by Crippen LogP contribution is -2.38. The first kappa shape index (κ1) is 24.8. The Morgan fingerprint density at radius 1 is 1.00 bits per heavy atom. The summed E-state index contributed by atoms with van der Waals surface area (Å²) in [4.78, 5) is 8.90. The maximum atomic E-state index is 14.2. The Hall–Kier alpha value is -2.45. The Bertz CT molecular complexity index is 846. The van der Waals surface area contributed by atoms with Crippen molar-refractivity contribution in [1.29, 1.82) is 0 Å². The summed E-state index contributed by atoms with van der Waals surface area (Å²) in [6.07, 6.45) is -0.379. The Kier molecular flexibility index (Phi) is 9.00. The van der Waals surface area contributed by atoms with E-state index in [1.54, 1.807) is 6.07 Å². The smallest absolute Gasteiger partial charge is 0.475 e. The average Bonchev–Trinajstić information content (AvgIpc) is 2.74. The number of alkyl halides is 3. The summed E-state index contributed by atoms with van der Waals surface area (Å²) >= 11 is 0. The van der Waals surface area contributed by atoms with Crippen molar-refractivity contribution < 1.29 is 27.5 Å². The first-order valence-electron chi connectivity index (χ1n) is 10.2. The summed E-state index contributed by atoms with van der Waals surface area (Å²) in [5, 5.41) is 14.0. The van der Waals surface area contributed by atoms with E-state index in [1.165, 1.54) is 18.4 Å². The molecule has 0 amide bonds. The number of rotatable bonds is 5. The molecule has 1 aliphatic rings. The minimum atomic E-state index is -5.08. The molecule has 3 rings (SSSR count). The second kappa shape index (κ2) is 11.2. The molecule has 2 aromatic carbocycles. The molecule has 2 aromatic rings. The zero-order valence-electron chi connectivity index (χ0n) is 17.6. The molecule has 170 valence electrons. The number of benzene rings is 2. The summed E-state index contributed by atoms with van der Waals surface area (Å²) < 4.78 is 45.9. The third-order valence-electron chi connectivity index (χ3n) is 5.39. The largest absolute Gasteiger partial charge is 0.490 e. The van der Waals surface area contributed by atoms with E-state index in [-0.39, 0.29) is 5.82 Å². The fraction of sp³-hybridized carbons (Fsp3) is 0.435. The van der Waals surface area contributed by atoms with Gasteiger partial charge in [-0.3, -0.25) is 0 Å². The molecule has 3 N–H and O–H groups in total. The number of hydrogen-bond donors (Lipinski definition) is 3. The van der Waals surface area contributed by atoms with E-state index < -0.39 is 12.1 Å². The third-order valence-corrected chi connectivity index (χ3v) is 5.39. The van der Waals surface area contributed by atoms with E-state index >= 15 is 0 Å². The lowest BCUT2D eigenvalue weighted by molar-refractivity contribution is -0.192. The van der Waals surface area contributed by atoms with Crippen molar-refractivity contribution in [2.75, 3.05) is 7.05 Å². The van der Waals surface area contributed by atoms with Crippen LogP contribution in [0.25, 0.3) is 11.1 Å². The molecule has 1 saturated carbocycles. The highest BCUT2D eigenvalue weighted by Gasteiger charge is 2.38. The standard InChI is InChI=1S/C21H27FN2.C2HF3O2/c1-15-3-5-16(6-4-15)17-7-12-21(22)18(13-17)14-24-20-10-8-19(23-2)9-11-20;3-2(4,5)1(6)7/h3-7,12-13,19-20,23-24H,8-11,14H2,1-2H3;(H,6,7). The summed E-state index contributed by atoms with van der Waals surface area (Å²) in [6, 6.07) is 14.9. The summed E-state index contributed by atoms with van der Waals surface area (Å²) in [7, 11) is 2.03. The number of aryl methyl sites for hydroxylation is 1. The van der Waals surface area contributed by atoms with Gasteiger partial charge in [0.15, 0.2) is 0 Å². The van der Waals surface area contributed by atoms with Crippen LogP contribution < -0.4 is 10.6 Å². The van der Waals surface area contributed by atoms with E-state index in [1.807, 2.05) is 19.2 Å². The predicted octanol–water partition coefficient (Wildman–Crippen LogP) is 5.05. The monoisotopic (exact) mass is 440 g/mol. The molecule has 0 spiro atoms. The molecule has 0 atom stereocenters. The van der Waals surface area contributed by atoms with Gasteiger partial charge in [0, 0.05) is 24.2 Å². The van der Waals surface area contributed by atoms with Crippen molar-refractivity contribution in [3.8, 4) is 11.1 Å². The molecule has 0 aliphatic heterocycles. The first-order chi connectivity index (χ1) is 14.6. The number of nitrogens with one attached hydrogen (secondary N) is 2. The van der Waals surface area contributed by atoms with Crippen molar-refractivity contribution in [3.63, 3.8) is 0 Å². The highest BCUT2D eigenvalue weighted by atomic mass is 19.4. The van der Waals surface area contributed by atoms with Crippen molar-refractivity contribution in [1.82, 2.24) is 10.6 Å². The third kappa shape index (κ3) is 7.95. The summed E-state index contributed by atoms with van der Waals surface area (Å²) in [5.41, 5.74) is 4.20. The van der Waals surface area contributed by atoms with Gasteiger partial charge in [0.05, 0.1) is 0 Å². The Morgan fingerprint density at radius 3 is 2.03 bits per heavy atom. The lowest BCUT2D eigenvalue weighted by Gasteiger charge is -2.29. The Labute approximate surface area is 179 Å². The second-order valence-electron chi connectivity index (χ2n) is 7.69. The molecular formula is C23H28F4N2O2. The van der Waals surface area contributed by atoms with Gasteiger partial charge in [0.1, 0.15) is 5.82 Å². The minimum absolute atomic E-state index is 0.123. The fourth-order valence-electron chi connectivity index (χ4n) is 3.48. The van der Waals surface area contributed by atoms with Gasteiger partial charge in [0.25, 0.3) is 0 Å². The number of carboxylic acid groups (broad SMARTS) is 1. The van der Waals surface area contributed by atoms with Gasteiger partial charge in [-0.15, -0.1) is 0 Å². The van der Waals surface area contributed by atoms with Crippen LogP contribution in [0.2, 0.25) is 0 Å². The highest BCUT2D eigenvalue weighted by Crippen LogP contribution is 2.24. The van der Waals surface area contributed by atoms with Crippen LogP contribution >= 0.6 is 0 Å². The number of halogens is 4. The number of carbonyl (C=O) groups is 1. The van der Waals surface area contributed by atoms with Crippen molar-refractivity contribution in [2.45, 2.75) is 57.4 Å². The molecule has 0 heterocycles. The fourth-order valence-corrected chi connectivity index (χ4v) is 3.48. The quantitative estimate of drug-likeness (QED) is 0.569. The molecule has 4 nitrogen and oxygen atoms in total. The van der Waals surface area contributed by atoms with Crippen LogP contribution in [-0.4, -0.2) is 36.4 Å².